The van der Waals surface area contributed by atoms with Crippen LogP contribution in [0.3, 0.4) is 0 Å². The lowest BCUT2D eigenvalue weighted by Crippen LogP contribution is -2.31. The number of likely N-dealkylation sites (tertiary alicyclic amines) is 1. The Balaban J connectivity index is 1.51. The van der Waals surface area contributed by atoms with Crippen molar-refractivity contribution in [3.63, 3.8) is 0 Å². The normalized spacial score (nSPS) is 21.6. The van der Waals surface area contributed by atoms with Crippen molar-refractivity contribution >= 4 is 5.82 Å². The van der Waals surface area contributed by atoms with Gasteiger partial charge in [0.25, 0.3) is 0 Å². The largest absolute Gasteiger partial charge is 0.356 e. The van der Waals surface area contributed by atoms with E-state index in [4.69, 9.17) is 4.98 Å². The van der Waals surface area contributed by atoms with Gasteiger partial charge in [-0.3, -0.25) is 4.90 Å². The minimum atomic E-state index is 0.516. The Hall–Kier alpha value is -1.87. The lowest BCUT2D eigenvalue weighted by atomic mass is 10.0. The highest BCUT2D eigenvalue weighted by atomic mass is 15.2. The quantitative estimate of drug-likeness (QED) is 0.806. The number of aromatic nitrogens is 1. The number of pyridine rings is 1. The Morgan fingerprint density at radius 3 is 2.56 bits per heavy atom. The fraction of sp³-hybridized carbons (Fsp3) is 0.500. The first-order valence-corrected chi connectivity index (χ1v) is 9.81. The smallest absolute Gasteiger partial charge is 0.131 e. The second kappa shape index (κ2) is 7.57. The lowest BCUT2D eigenvalue weighted by molar-refractivity contribution is 0.248. The minimum Gasteiger partial charge on any atom is -0.356 e. The van der Waals surface area contributed by atoms with E-state index in [1.165, 1.54) is 61.2 Å². The first-order chi connectivity index (χ1) is 12.3. The fourth-order valence-corrected chi connectivity index (χ4v) is 4.42. The van der Waals surface area contributed by atoms with Crippen LogP contribution in [-0.4, -0.2) is 29.5 Å². The van der Waals surface area contributed by atoms with Crippen LogP contribution in [0.1, 0.15) is 54.8 Å². The van der Waals surface area contributed by atoms with Crippen LogP contribution >= 0.6 is 0 Å². The molecule has 2 fully saturated rings. The third-order valence-electron chi connectivity index (χ3n) is 5.70. The molecule has 2 saturated heterocycles. The summed E-state index contributed by atoms with van der Waals surface area (Å²) in [6, 6.07) is 13.7. The third kappa shape index (κ3) is 3.72. The maximum atomic E-state index is 4.89. The van der Waals surface area contributed by atoms with Crippen molar-refractivity contribution in [3.8, 4) is 0 Å². The van der Waals surface area contributed by atoms with Gasteiger partial charge in [-0.05, 0) is 68.3 Å². The van der Waals surface area contributed by atoms with Crippen LogP contribution in [0.15, 0.2) is 42.6 Å². The Kier molecular flexibility index (Phi) is 5.02. The molecule has 1 atom stereocenters. The van der Waals surface area contributed by atoms with Crippen LogP contribution in [0.25, 0.3) is 0 Å². The second-order valence-electron chi connectivity index (χ2n) is 7.57. The van der Waals surface area contributed by atoms with Gasteiger partial charge >= 0.3 is 0 Å². The molecule has 0 saturated carbocycles. The summed E-state index contributed by atoms with van der Waals surface area (Å²) < 4.78 is 0. The summed E-state index contributed by atoms with van der Waals surface area (Å²) in [6.45, 7) is 6.79. The second-order valence-corrected chi connectivity index (χ2v) is 7.57. The summed E-state index contributed by atoms with van der Waals surface area (Å²) >= 11 is 0. The molecular weight excluding hydrogens is 306 g/mol. The zero-order valence-electron chi connectivity index (χ0n) is 15.3. The van der Waals surface area contributed by atoms with Gasteiger partial charge < -0.3 is 4.90 Å². The maximum absolute atomic E-state index is 4.89. The van der Waals surface area contributed by atoms with E-state index in [1.807, 2.05) is 0 Å². The molecule has 2 aliphatic rings. The van der Waals surface area contributed by atoms with Gasteiger partial charge in [0.05, 0.1) is 0 Å². The van der Waals surface area contributed by atoms with E-state index >= 15 is 0 Å². The van der Waals surface area contributed by atoms with E-state index in [2.05, 4.69) is 59.3 Å². The summed E-state index contributed by atoms with van der Waals surface area (Å²) in [6.07, 6.45) is 8.64. The average molecular weight is 335 g/mol. The van der Waals surface area contributed by atoms with E-state index in [1.54, 1.807) is 0 Å². The zero-order valence-corrected chi connectivity index (χ0v) is 15.3. The van der Waals surface area contributed by atoms with Crippen LogP contribution in [0.4, 0.5) is 5.82 Å². The number of hydrogen-bond acceptors (Lipinski definition) is 3. The first kappa shape index (κ1) is 16.6. The van der Waals surface area contributed by atoms with Gasteiger partial charge in [-0.15, -0.1) is 0 Å². The Bertz CT molecular complexity index is 692. The number of rotatable bonds is 4. The number of aryl methyl sites for hydroxylation is 1. The number of nitrogens with zero attached hydrogens (tertiary/aromatic N) is 3. The Labute approximate surface area is 151 Å². The number of hydrogen-bond donors (Lipinski definition) is 0. The van der Waals surface area contributed by atoms with E-state index in [-0.39, 0.29) is 0 Å². The summed E-state index contributed by atoms with van der Waals surface area (Å²) in [5.41, 5.74) is 4.14. The van der Waals surface area contributed by atoms with Crippen LogP contribution < -0.4 is 4.90 Å². The van der Waals surface area contributed by atoms with Crippen molar-refractivity contribution in [2.24, 2.45) is 0 Å². The number of benzene rings is 1. The van der Waals surface area contributed by atoms with Crippen molar-refractivity contribution in [2.45, 2.75) is 51.6 Å². The van der Waals surface area contributed by atoms with E-state index in [0.29, 0.717) is 6.04 Å². The third-order valence-corrected chi connectivity index (χ3v) is 5.70. The molecule has 1 unspecified atom stereocenters. The maximum Gasteiger partial charge on any atom is 0.131 e. The molecule has 2 aliphatic heterocycles. The predicted octanol–water partition coefficient (Wildman–Crippen LogP) is 4.72. The minimum absolute atomic E-state index is 0.516. The van der Waals surface area contributed by atoms with Gasteiger partial charge in [0.2, 0.25) is 0 Å². The Morgan fingerprint density at radius 1 is 1.00 bits per heavy atom. The van der Waals surface area contributed by atoms with Gasteiger partial charge in [-0.1, -0.05) is 30.3 Å². The molecule has 25 heavy (non-hydrogen) atoms. The standard InChI is InChI=1S/C22H29N3/c1-18-15-20(16-23-22(18)24-12-6-3-7-13-24)21-11-8-14-25(21)17-19-9-4-2-5-10-19/h2,4-5,9-10,15-16,21H,3,6-8,11-14,17H2,1H3. The van der Waals surface area contributed by atoms with E-state index < -0.39 is 0 Å². The van der Waals surface area contributed by atoms with Crippen LogP contribution in [0.2, 0.25) is 0 Å². The molecule has 132 valence electrons. The molecule has 0 N–H and O–H groups in total. The molecule has 3 nitrogen and oxygen atoms in total. The average Bonchev–Trinajstić information content (AvgIpc) is 3.11. The van der Waals surface area contributed by atoms with Gasteiger partial charge in [-0.25, -0.2) is 4.98 Å². The van der Waals surface area contributed by atoms with E-state index in [0.717, 1.165) is 19.6 Å². The molecule has 0 radical (unpaired) electrons. The van der Waals surface area contributed by atoms with E-state index in [9.17, 15) is 0 Å². The van der Waals surface area contributed by atoms with Gasteiger partial charge in [0.15, 0.2) is 0 Å². The van der Waals surface area contributed by atoms with Gasteiger partial charge in [0.1, 0.15) is 5.82 Å². The molecule has 4 rings (SSSR count). The van der Waals surface area contributed by atoms with Crippen LogP contribution in [-0.2, 0) is 6.54 Å². The molecule has 0 spiro atoms. The van der Waals surface area contributed by atoms with Crippen molar-refractivity contribution < 1.29 is 0 Å². The molecule has 0 amide bonds. The van der Waals surface area contributed by atoms with Gasteiger partial charge in [-0.2, -0.15) is 0 Å². The number of anilines is 1. The summed E-state index contributed by atoms with van der Waals surface area (Å²) in [4.78, 5) is 9.98. The summed E-state index contributed by atoms with van der Waals surface area (Å²) in [5.74, 6) is 1.20. The predicted molar refractivity (Wildman–Crippen MR) is 104 cm³/mol. The molecule has 0 bridgehead atoms. The SMILES string of the molecule is Cc1cc(C2CCCN2Cc2ccccc2)cnc1N1CCCCC1. The van der Waals surface area contributed by atoms with Crippen molar-refractivity contribution in [1.82, 2.24) is 9.88 Å². The first-order valence-electron chi connectivity index (χ1n) is 9.81. The molecule has 2 aromatic rings. The molecule has 1 aromatic carbocycles. The lowest BCUT2D eigenvalue weighted by Gasteiger charge is -2.30. The molecule has 3 heterocycles. The Morgan fingerprint density at radius 2 is 1.80 bits per heavy atom. The fourth-order valence-electron chi connectivity index (χ4n) is 4.42. The van der Waals surface area contributed by atoms with Crippen LogP contribution in [0.5, 0.6) is 0 Å². The topological polar surface area (TPSA) is 19.4 Å². The van der Waals surface area contributed by atoms with Crippen LogP contribution in [0, 0.1) is 6.92 Å². The highest BCUT2D eigenvalue weighted by Gasteiger charge is 2.27. The zero-order chi connectivity index (χ0) is 17.1. The van der Waals surface area contributed by atoms with Crippen molar-refractivity contribution in [2.75, 3.05) is 24.5 Å². The molecule has 3 heteroatoms. The monoisotopic (exact) mass is 335 g/mol. The van der Waals surface area contributed by atoms with Crippen molar-refractivity contribution in [1.29, 1.82) is 0 Å². The highest BCUT2D eigenvalue weighted by Crippen LogP contribution is 2.34. The number of piperidine rings is 1. The van der Waals surface area contributed by atoms with Gasteiger partial charge in [0, 0.05) is 31.9 Å². The molecular formula is C22H29N3. The molecule has 1 aromatic heterocycles. The summed E-state index contributed by atoms with van der Waals surface area (Å²) in [5, 5.41) is 0. The molecule has 0 aliphatic carbocycles. The summed E-state index contributed by atoms with van der Waals surface area (Å²) in [7, 11) is 0. The highest BCUT2D eigenvalue weighted by molar-refractivity contribution is 5.48. The van der Waals surface area contributed by atoms with Crippen molar-refractivity contribution in [3.05, 3.63) is 59.3 Å².